The number of aryl methyl sites for hydroxylation is 1. The fourth-order valence-electron chi connectivity index (χ4n) is 6.75. The van der Waals surface area contributed by atoms with E-state index in [1.54, 1.807) is 7.05 Å². The SMILES string of the molecule is CCCCc1nc2ccc(N(CCCC3CCCCC3)C(=O)NC)cc2n1Cc1ccc(-c2ccccc2C(=O)OC(C)(C)C)cc1. The van der Waals surface area contributed by atoms with Crippen LogP contribution in [0, 0.1) is 5.92 Å². The van der Waals surface area contributed by atoms with Crippen LogP contribution in [0.15, 0.2) is 66.7 Å². The number of urea groups is 1. The number of nitrogens with zero attached hydrogens (tertiary/aromatic N) is 3. The summed E-state index contributed by atoms with van der Waals surface area (Å²) in [6.07, 6.45) is 11.9. The molecule has 1 aliphatic rings. The lowest BCUT2D eigenvalue weighted by Crippen LogP contribution is -2.39. The van der Waals surface area contributed by atoms with E-state index in [0.717, 1.165) is 70.8 Å². The molecule has 3 aromatic carbocycles. The number of amides is 2. The van der Waals surface area contributed by atoms with E-state index in [1.807, 2.05) is 56.0 Å². The number of imidazole rings is 1. The van der Waals surface area contributed by atoms with Gasteiger partial charge >= 0.3 is 12.0 Å². The van der Waals surface area contributed by atoms with E-state index in [2.05, 4.69) is 53.2 Å². The topological polar surface area (TPSA) is 76.5 Å². The third-order valence-corrected chi connectivity index (χ3v) is 9.21. The molecule has 0 saturated heterocycles. The molecule has 1 aliphatic carbocycles. The van der Waals surface area contributed by atoms with E-state index in [-0.39, 0.29) is 12.0 Å². The van der Waals surface area contributed by atoms with Crippen molar-refractivity contribution in [2.24, 2.45) is 5.92 Å². The summed E-state index contributed by atoms with van der Waals surface area (Å²) < 4.78 is 7.99. The molecule has 5 rings (SSSR count). The Hall–Kier alpha value is -4.13. The first-order valence-electron chi connectivity index (χ1n) is 17.6. The number of carbonyl (C=O) groups is 2. The van der Waals surface area contributed by atoms with Crippen LogP contribution in [0.5, 0.6) is 0 Å². The van der Waals surface area contributed by atoms with Crippen LogP contribution >= 0.6 is 0 Å². The number of fused-ring (bicyclic) bond motifs is 1. The van der Waals surface area contributed by atoms with Gasteiger partial charge in [-0.15, -0.1) is 0 Å². The van der Waals surface area contributed by atoms with Crippen LogP contribution in [0.1, 0.15) is 107 Å². The first-order valence-corrected chi connectivity index (χ1v) is 17.6. The molecule has 47 heavy (non-hydrogen) atoms. The highest BCUT2D eigenvalue weighted by Crippen LogP contribution is 2.30. The Labute approximate surface area is 280 Å². The highest BCUT2D eigenvalue weighted by molar-refractivity contribution is 5.97. The van der Waals surface area contributed by atoms with Gasteiger partial charge in [0, 0.05) is 32.2 Å². The zero-order valence-electron chi connectivity index (χ0n) is 29.0. The van der Waals surface area contributed by atoms with Crippen molar-refractivity contribution in [1.29, 1.82) is 0 Å². The minimum Gasteiger partial charge on any atom is -0.456 e. The summed E-state index contributed by atoms with van der Waals surface area (Å²) in [6, 6.07) is 22.2. The summed E-state index contributed by atoms with van der Waals surface area (Å²) in [6.45, 7) is 9.21. The molecule has 7 heteroatoms. The quantitative estimate of drug-likeness (QED) is 0.157. The molecule has 2 amide bonds. The normalized spacial score (nSPS) is 13.9. The number of unbranched alkanes of at least 4 members (excludes halogenated alkanes) is 1. The molecule has 7 nitrogen and oxygen atoms in total. The molecular formula is C40H52N4O3. The van der Waals surface area contributed by atoms with Crippen LogP contribution in [-0.2, 0) is 17.7 Å². The summed E-state index contributed by atoms with van der Waals surface area (Å²) in [5.41, 5.74) is 5.84. The Bertz CT molecular complexity index is 1640. The molecule has 0 radical (unpaired) electrons. The number of anilines is 1. The van der Waals surface area contributed by atoms with Gasteiger partial charge in [-0.3, -0.25) is 4.90 Å². The molecule has 1 heterocycles. The third-order valence-electron chi connectivity index (χ3n) is 9.21. The Morgan fingerprint density at radius 3 is 2.43 bits per heavy atom. The van der Waals surface area contributed by atoms with Crippen molar-refractivity contribution in [3.8, 4) is 11.1 Å². The van der Waals surface area contributed by atoms with Crippen molar-refractivity contribution in [3.05, 3.63) is 83.7 Å². The molecule has 1 saturated carbocycles. The molecule has 250 valence electrons. The van der Waals surface area contributed by atoms with Crippen molar-refractivity contribution < 1.29 is 14.3 Å². The first kappa shape index (κ1) is 34.2. The van der Waals surface area contributed by atoms with E-state index in [9.17, 15) is 9.59 Å². The number of hydrogen-bond acceptors (Lipinski definition) is 4. The van der Waals surface area contributed by atoms with E-state index >= 15 is 0 Å². The lowest BCUT2D eigenvalue weighted by Gasteiger charge is -2.25. The number of rotatable bonds is 12. The Morgan fingerprint density at radius 2 is 1.72 bits per heavy atom. The Morgan fingerprint density at radius 1 is 0.979 bits per heavy atom. The highest BCUT2D eigenvalue weighted by Gasteiger charge is 2.22. The van der Waals surface area contributed by atoms with Crippen molar-refractivity contribution in [1.82, 2.24) is 14.9 Å². The van der Waals surface area contributed by atoms with Gasteiger partial charge in [-0.05, 0) is 86.9 Å². The molecule has 0 aliphatic heterocycles. The fraction of sp³-hybridized carbons (Fsp3) is 0.475. The number of nitrogens with one attached hydrogen (secondary N) is 1. The third kappa shape index (κ3) is 8.82. The van der Waals surface area contributed by atoms with Crippen LogP contribution < -0.4 is 10.2 Å². The van der Waals surface area contributed by atoms with E-state index in [4.69, 9.17) is 9.72 Å². The summed E-state index contributed by atoms with van der Waals surface area (Å²) in [5, 5.41) is 2.86. The average molecular weight is 637 g/mol. The van der Waals surface area contributed by atoms with Crippen LogP contribution in [0.25, 0.3) is 22.2 Å². The van der Waals surface area contributed by atoms with Gasteiger partial charge in [-0.25, -0.2) is 14.6 Å². The molecule has 0 spiro atoms. The van der Waals surface area contributed by atoms with Gasteiger partial charge in [0.25, 0.3) is 0 Å². The van der Waals surface area contributed by atoms with Crippen molar-refractivity contribution in [3.63, 3.8) is 0 Å². The van der Waals surface area contributed by atoms with Gasteiger partial charge in [0.15, 0.2) is 0 Å². The smallest absolute Gasteiger partial charge is 0.339 e. The van der Waals surface area contributed by atoms with Crippen LogP contribution in [0.4, 0.5) is 10.5 Å². The minimum absolute atomic E-state index is 0.0764. The Kier molecular flexibility index (Phi) is 11.4. The molecule has 1 N–H and O–H groups in total. The van der Waals surface area contributed by atoms with Crippen molar-refractivity contribution in [2.45, 2.75) is 104 Å². The summed E-state index contributed by atoms with van der Waals surface area (Å²) in [4.78, 5) is 33.0. The maximum absolute atomic E-state index is 13.1. The van der Waals surface area contributed by atoms with Crippen LogP contribution in [-0.4, -0.2) is 40.7 Å². The monoisotopic (exact) mass is 636 g/mol. The lowest BCUT2D eigenvalue weighted by atomic mass is 9.86. The number of ether oxygens (including phenoxy) is 1. The van der Waals surface area contributed by atoms with Crippen LogP contribution in [0.2, 0.25) is 0 Å². The largest absolute Gasteiger partial charge is 0.456 e. The second-order valence-corrected chi connectivity index (χ2v) is 14.0. The van der Waals surface area contributed by atoms with E-state index in [0.29, 0.717) is 18.7 Å². The fourth-order valence-corrected chi connectivity index (χ4v) is 6.75. The highest BCUT2D eigenvalue weighted by atomic mass is 16.6. The summed E-state index contributed by atoms with van der Waals surface area (Å²) in [7, 11) is 1.71. The number of carbonyl (C=O) groups excluding carboxylic acids is 2. The maximum Gasteiger partial charge on any atom is 0.339 e. The molecule has 4 aromatic rings. The molecule has 0 unspecified atom stereocenters. The van der Waals surface area contributed by atoms with Crippen molar-refractivity contribution in [2.75, 3.05) is 18.5 Å². The van der Waals surface area contributed by atoms with Gasteiger partial charge in [0.1, 0.15) is 11.4 Å². The van der Waals surface area contributed by atoms with Gasteiger partial charge in [0.2, 0.25) is 0 Å². The average Bonchev–Trinajstić information content (AvgIpc) is 3.41. The molecule has 1 aromatic heterocycles. The molecule has 0 bridgehead atoms. The predicted octanol–water partition coefficient (Wildman–Crippen LogP) is 9.56. The first-order chi connectivity index (χ1) is 22.7. The number of aromatic nitrogens is 2. The van der Waals surface area contributed by atoms with Gasteiger partial charge < -0.3 is 14.6 Å². The lowest BCUT2D eigenvalue weighted by molar-refractivity contribution is 0.00704. The molecule has 0 atom stereocenters. The molecule has 1 fully saturated rings. The second kappa shape index (κ2) is 15.6. The van der Waals surface area contributed by atoms with Gasteiger partial charge in [-0.2, -0.15) is 0 Å². The number of hydrogen-bond donors (Lipinski definition) is 1. The predicted molar refractivity (Wildman–Crippen MR) is 192 cm³/mol. The number of esters is 1. The number of benzene rings is 3. The minimum atomic E-state index is -0.566. The van der Waals surface area contributed by atoms with Crippen molar-refractivity contribution >= 4 is 28.7 Å². The Balaban J connectivity index is 1.41. The van der Waals surface area contributed by atoms with Gasteiger partial charge in [0.05, 0.1) is 16.6 Å². The second-order valence-electron chi connectivity index (χ2n) is 14.0. The van der Waals surface area contributed by atoms with Gasteiger partial charge in [-0.1, -0.05) is 87.9 Å². The van der Waals surface area contributed by atoms with E-state index in [1.165, 1.54) is 38.5 Å². The zero-order valence-corrected chi connectivity index (χ0v) is 29.0. The standard InChI is InChI=1S/C40H52N4O3/c1-6-7-19-37-42-35-25-24-32(43(39(46)41-5)26-13-16-29-14-9-8-10-15-29)27-36(35)44(37)28-30-20-22-31(23-21-30)33-17-11-12-18-34(33)38(45)47-40(2,3)4/h11-12,17-18,20-25,27,29H,6-10,13-16,19,26,28H2,1-5H3,(H,41,46). The summed E-state index contributed by atoms with van der Waals surface area (Å²) >= 11 is 0. The maximum atomic E-state index is 13.1. The molecular weight excluding hydrogens is 584 g/mol. The zero-order chi connectivity index (χ0) is 33.4. The van der Waals surface area contributed by atoms with E-state index < -0.39 is 5.60 Å². The van der Waals surface area contributed by atoms with Crippen LogP contribution in [0.3, 0.4) is 0 Å². The summed E-state index contributed by atoms with van der Waals surface area (Å²) in [5.74, 6) is 1.53.